The molecule has 4 rings (SSSR count). The molecule has 0 unspecified atom stereocenters. The van der Waals surface area contributed by atoms with E-state index in [2.05, 4.69) is 25.3 Å². The molecule has 3 aromatic rings. The lowest BCUT2D eigenvalue weighted by molar-refractivity contribution is 0.0953. The van der Waals surface area contributed by atoms with Crippen LogP contribution in [0, 0.1) is 0 Å². The first-order chi connectivity index (χ1) is 14.2. The lowest BCUT2D eigenvalue weighted by Crippen LogP contribution is -2.25. The first-order valence-corrected chi connectivity index (χ1v) is 9.78. The number of hydrogen-bond donors (Lipinski definition) is 2. The van der Waals surface area contributed by atoms with Gasteiger partial charge in [0.05, 0.1) is 37.2 Å². The van der Waals surface area contributed by atoms with E-state index in [1.54, 1.807) is 18.5 Å². The van der Waals surface area contributed by atoms with Crippen molar-refractivity contribution < 1.29 is 9.90 Å². The van der Waals surface area contributed by atoms with Crippen LogP contribution in [0.25, 0.3) is 0 Å². The van der Waals surface area contributed by atoms with Crippen molar-refractivity contribution in [3.8, 4) is 0 Å². The molecule has 1 aliphatic heterocycles. The van der Waals surface area contributed by atoms with Crippen LogP contribution in [0.4, 0.5) is 5.82 Å². The number of carbonyl (C=O) groups is 1. The van der Waals surface area contributed by atoms with Crippen molar-refractivity contribution in [1.82, 2.24) is 25.1 Å². The number of aliphatic hydroxyl groups excluding tert-OH is 1. The van der Waals surface area contributed by atoms with Crippen LogP contribution in [0.5, 0.6) is 0 Å². The fourth-order valence-corrected chi connectivity index (χ4v) is 3.48. The van der Waals surface area contributed by atoms with Crippen molar-refractivity contribution in [3.63, 3.8) is 0 Å². The van der Waals surface area contributed by atoms with Crippen LogP contribution in [-0.2, 0) is 26.1 Å². The van der Waals surface area contributed by atoms with Gasteiger partial charge < -0.3 is 15.3 Å². The number of anilines is 1. The zero-order chi connectivity index (χ0) is 20.1. The molecule has 0 radical (unpaired) electrons. The van der Waals surface area contributed by atoms with Crippen LogP contribution in [-0.4, -0.2) is 43.9 Å². The molecule has 0 atom stereocenters. The lowest BCUT2D eigenvalue weighted by atomic mass is 10.2. The van der Waals surface area contributed by atoms with E-state index in [0.29, 0.717) is 25.2 Å². The SMILES string of the molecule is O=C(NCCCc1ccccn1)c1ccc(N2Cc3cnn(CCO)c3C2)nc1. The normalized spacial score (nSPS) is 12.8. The molecule has 0 bridgehead atoms. The van der Waals surface area contributed by atoms with Crippen LogP contribution in [0.15, 0.2) is 48.9 Å². The molecule has 3 aromatic heterocycles. The number of nitrogens with one attached hydrogen (secondary N) is 1. The van der Waals surface area contributed by atoms with E-state index < -0.39 is 0 Å². The maximum atomic E-state index is 12.3. The summed E-state index contributed by atoms with van der Waals surface area (Å²) in [4.78, 5) is 23.2. The van der Waals surface area contributed by atoms with E-state index >= 15 is 0 Å². The second-order valence-electron chi connectivity index (χ2n) is 7.00. The Hall–Kier alpha value is -3.26. The smallest absolute Gasteiger partial charge is 0.252 e. The van der Waals surface area contributed by atoms with Gasteiger partial charge in [-0.2, -0.15) is 5.10 Å². The van der Waals surface area contributed by atoms with E-state index in [-0.39, 0.29) is 12.5 Å². The first-order valence-electron chi connectivity index (χ1n) is 9.78. The maximum absolute atomic E-state index is 12.3. The van der Waals surface area contributed by atoms with Crippen LogP contribution in [0.2, 0.25) is 0 Å². The van der Waals surface area contributed by atoms with Gasteiger partial charge in [-0.3, -0.25) is 14.5 Å². The molecule has 29 heavy (non-hydrogen) atoms. The topological polar surface area (TPSA) is 96.2 Å². The molecule has 0 aromatic carbocycles. The Morgan fingerprint density at radius 2 is 2.07 bits per heavy atom. The number of hydrogen-bond acceptors (Lipinski definition) is 6. The number of nitrogens with zero attached hydrogens (tertiary/aromatic N) is 5. The predicted octanol–water partition coefficient (Wildman–Crippen LogP) is 1.55. The Kier molecular flexibility index (Phi) is 5.81. The van der Waals surface area contributed by atoms with Crippen molar-refractivity contribution in [3.05, 3.63) is 71.4 Å². The molecule has 0 saturated carbocycles. The number of pyridine rings is 2. The van der Waals surface area contributed by atoms with Gasteiger partial charge in [-0.05, 0) is 37.1 Å². The molecule has 0 fully saturated rings. The Morgan fingerprint density at radius 3 is 2.83 bits per heavy atom. The molecule has 0 spiro atoms. The maximum Gasteiger partial charge on any atom is 0.252 e. The third-order valence-corrected chi connectivity index (χ3v) is 5.00. The van der Waals surface area contributed by atoms with Gasteiger partial charge in [0.2, 0.25) is 0 Å². The molecule has 0 aliphatic carbocycles. The Labute approximate surface area is 169 Å². The van der Waals surface area contributed by atoms with Gasteiger partial charge >= 0.3 is 0 Å². The summed E-state index contributed by atoms with van der Waals surface area (Å²) in [5.74, 6) is 0.705. The van der Waals surface area contributed by atoms with E-state index in [9.17, 15) is 4.79 Å². The summed E-state index contributed by atoms with van der Waals surface area (Å²) >= 11 is 0. The van der Waals surface area contributed by atoms with Crippen molar-refractivity contribution >= 4 is 11.7 Å². The minimum absolute atomic E-state index is 0.0675. The van der Waals surface area contributed by atoms with E-state index in [4.69, 9.17) is 5.11 Å². The number of aromatic nitrogens is 4. The number of fused-ring (bicyclic) bond motifs is 1. The van der Waals surface area contributed by atoms with E-state index in [1.165, 1.54) is 0 Å². The van der Waals surface area contributed by atoms with Gasteiger partial charge in [-0.15, -0.1) is 0 Å². The Morgan fingerprint density at radius 1 is 1.14 bits per heavy atom. The second-order valence-corrected chi connectivity index (χ2v) is 7.00. The van der Waals surface area contributed by atoms with Crippen molar-refractivity contribution in [1.29, 1.82) is 0 Å². The Balaban J connectivity index is 1.28. The quantitative estimate of drug-likeness (QED) is 0.565. The molecular weight excluding hydrogens is 368 g/mol. The molecule has 0 saturated heterocycles. The van der Waals surface area contributed by atoms with Gasteiger partial charge in [0, 0.05) is 36.7 Å². The molecule has 1 amide bonds. The number of aliphatic hydroxyl groups is 1. The number of amides is 1. The Bertz CT molecular complexity index is 955. The standard InChI is InChI=1S/C21H24N6O2/c28-11-10-27-19-15-26(14-17(19)13-25-27)20-7-6-16(12-24-20)21(29)23-9-3-5-18-4-1-2-8-22-18/h1-2,4,6-8,12-13,28H,3,5,9-11,14-15H2,(H,23,29). The first kappa shape index (κ1) is 19.1. The monoisotopic (exact) mass is 392 g/mol. The summed E-state index contributed by atoms with van der Waals surface area (Å²) in [7, 11) is 0. The van der Waals surface area contributed by atoms with Crippen LogP contribution < -0.4 is 10.2 Å². The summed E-state index contributed by atoms with van der Waals surface area (Å²) in [5, 5.41) is 16.4. The zero-order valence-corrected chi connectivity index (χ0v) is 16.2. The third-order valence-electron chi connectivity index (χ3n) is 5.00. The molecule has 150 valence electrons. The van der Waals surface area contributed by atoms with E-state index in [1.807, 2.05) is 35.1 Å². The number of aryl methyl sites for hydroxylation is 1. The average Bonchev–Trinajstić information content (AvgIpc) is 3.34. The minimum Gasteiger partial charge on any atom is -0.394 e. The summed E-state index contributed by atoms with van der Waals surface area (Å²) in [6.45, 7) is 2.59. The summed E-state index contributed by atoms with van der Waals surface area (Å²) < 4.78 is 1.84. The highest BCUT2D eigenvalue weighted by Gasteiger charge is 2.24. The molecular formula is C21H24N6O2. The lowest BCUT2D eigenvalue weighted by Gasteiger charge is -2.17. The fourth-order valence-electron chi connectivity index (χ4n) is 3.48. The zero-order valence-electron chi connectivity index (χ0n) is 16.2. The van der Waals surface area contributed by atoms with Gasteiger partial charge in [-0.1, -0.05) is 6.07 Å². The highest BCUT2D eigenvalue weighted by atomic mass is 16.3. The van der Waals surface area contributed by atoms with Crippen molar-refractivity contribution in [2.75, 3.05) is 18.1 Å². The highest BCUT2D eigenvalue weighted by Crippen LogP contribution is 2.26. The second kappa shape index (κ2) is 8.83. The molecule has 8 heteroatoms. The van der Waals surface area contributed by atoms with Gasteiger partial charge in [-0.25, -0.2) is 4.98 Å². The predicted molar refractivity (Wildman–Crippen MR) is 108 cm³/mol. The average molecular weight is 392 g/mol. The van der Waals surface area contributed by atoms with Crippen LogP contribution in [0.1, 0.15) is 33.7 Å². The highest BCUT2D eigenvalue weighted by molar-refractivity contribution is 5.94. The van der Waals surface area contributed by atoms with Crippen molar-refractivity contribution in [2.45, 2.75) is 32.5 Å². The largest absolute Gasteiger partial charge is 0.394 e. The third kappa shape index (κ3) is 4.43. The van der Waals surface area contributed by atoms with Gasteiger partial charge in [0.15, 0.2) is 0 Å². The van der Waals surface area contributed by atoms with Gasteiger partial charge in [0.25, 0.3) is 5.91 Å². The molecule has 8 nitrogen and oxygen atoms in total. The van der Waals surface area contributed by atoms with E-state index in [0.717, 1.165) is 42.2 Å². The molecule has 4 heterocycles. The molecule has 2 N–H and O–H groups in total. The summed E-state index contributed by atoms with van der Waals surface area (Å²) in [6.07, 6.45) is 6.92. The van der Waals surface area contributed by atoms with Gasteiger partial charge in [0.1, 0.15) is 5.82 Å². The van der Waals surface area contributed by atoms with Crippen molar-refractivity contribution in [2.24, 2.45) is 0 Å². The fraction of sp³-hybridized carbons (Fsp3) is 0.333. The number of carbonyl (C=O) groups excluding carboxylic acids is 1. The molecule has 1 aliphatic rings. The summed E-state index contributed by atoms with van der Waals surface area (Å²) in [6, 6.07) is 9.53. The van der Waals surface area contributed by atoms with Crippen LogP contribution >= 0.6 is 0 Å². The summed E-state index contributed by atoms with van der Waals surface area (Å²) in [5.41, 5.74) is 3.83. The number of rotatable bonds is 8. The minimum atomic E-state index is -0.117. The van der Waals surface area contributed by atoms with Crippen LogP contribution in [0.3, 0.4) is 0 Å².